The molecule has 74 valence electrons. The Labute approximate surface area is 82.5 Å². The maximum Gasteiger partial charge on any atom is 0.0598 e. The Hall–Kier alpha value is -0.480. The Balaban J connectivity index is 2.43. The van der Waals surface area contributed by atoms with Crippen molar-refractivity contribution in [1.82, 2.24) is 4.90 Å². The van der Waals surface area contributed by atoms with E-state index in [-0.39, 0.29) is 0 Å². The van der Waals surface area contributed by atoms with Gasteiger partial charge in [-0.1, -0.05) is 26.7 Å². The van der Waals surface area contributed by atoms with Gasteiger partial charge < -0.3 is 0 Å². The zero-order valence-corrected chi connectivity index (χ0v) is 9.14. The van der Waals surface area contributed by atoms with E-state index in [1.165, 1.54) is 25.9 Å². The molecule has 0 N–H and O–H groups in total. The third-order valence-electron chi connectivity index (χ3n) is 3.71. The molecule has 0 aromatic heterocycles. The van der Waals surface area contributed by atoms with E-state index in [4.69, 9.17) is 6.42 Å². The van der Waals surface area contributed by atoms with Gasteiger partial charge in [-0.3, -0.25) is 4.90 Å². The van der Waals surface area contributed by atoms with E-state index >= 15 is 0 Å². The van der Waals surface area contributed by atoms with Crippen molar-refractivity contribution in [2.45, 2.75) is 33.6 Å². The van der Waals surface area contributed by atoms with Gasteiger partial charge in [0.05, 0.1) is 6.54 Å². The first-order chi connectivity index (χ1) is 6.08. The molecule has 1 nitrogen and oxygen atoms in total. The Kier molecular flexibility index (Phi) is 3.39. The quantitative estimate of drug-likeness (QED) is 0.588. The van der Waals surface area contributed by atoms with Crippen molar-refractivity contribution in [3.05, 3.63) is 0 Å². The minimum Gasteiger partial charge on any atom is -0.292 e. The Morgan fingerprint density at radius 3 is 2.31 bits per heavy atom. The molecule has 1 heteroatoms. The van der Waals surface area contributed by atoms with Crippen molar-refractivity contribution in [2.75, 3.05) is 19.6 Å². The molecule has 13 heavy (non-hydrogen) atoms. The molecule has 0 atom stereocenters. The molecule has 1 aliphatic heterocycles. The standard InChI is InChI=1S/C12H21N/c1-5-8-13-9-6-12(4,7-10-13)11(2)3/h1,11H,6-10H2,2-4H3. The lowest BCUT2D eigenvalue weighted by Crippen LogP contribution is -2.41. The van der Waals surface area contributed by atoms with E-state index in [1.54, 1.807) is 0 Å². The second-order valence-corrected chi connectivity index (χ2v) is 4.79. The first-order valence-corrected chi connectivity index (χ1v) is 5.24. The maximum absolute atomic E-state index is 5.30. The summed E-state index contributed by atoms with van der Waals surface area (Å²) in [6.07, 6.45) is 7.89. The Bertz CT molecular complexity index is 192. The van der Waals surface area contributed by atoms with Crippen molar-refractivity contribution < 1.29 is 0 Å². The van der Waals surface area contributed by atoms with Gasteiger partial charge in [-0.15, -0.1) is 6.42 Å². The van der Waals surface area contributed by atoms with Crippen LogP contribution in [0.5, 0.6) is 0 Å². The molecule has 0 saturated carbocycles. The summed E-state index contributed by atoms with van der Waals surface area (Å²) in [4.78, 5) is 2.38. The van der Waals surface area contributed by atoms with Gasteiger partial charge in [0.2, 0.25) is 0 Å². The summed E-state index contributed by atoms with van der Waals surface area (Å²) < 4.78 is 0. The maximum atomic E-state index is 5.30. The summed E-state index contributed by atoms with van der Waals surface area (Å²) in [5.74, 6) is 3.51. The predicted molar refractivity (Wildman–Crippen MR) is 57.5 cm³/mol. The number of nitrogens with zero attached hydrogens (tertiary/aromatic N) is 1. The number of hydrogen-bond donors (Lipinski definition) is 0. The van der Waals surface area contributed by atoms with Crippen molar-refractivity contribution in [3.63, 3.8) is 0 Å². The molecule has 0 unspecified atom stereocenters. The van der Waals surface area contributed by atoms with Crippen LogP contribution >= 0.6 is 0 Å². The molecule has 1 aliphatic rings. The molecule has 0 spiro atoms. The molecule has 1 fully saturated rings. The van der Waals surface area contributed by atoms with Crippen LogP contribution in [0.15, 0.2) is 0 Å². The van der Waals surface area contributed by atoms with Gasteiger partial charge in [-0.2, -0.15) is 0 Å². The normalized spacial score (nSPS) is 23.0. The van der Waals surface area contributed by atoms with E-state index in [0.717, 1.165) is 12.5 Å². The fourth-order valence-electron chi connectivity index (χ4n) is 1.93. The summed E-state index contributed by atoms with van der Waals surface area (Å²) in [6, 6.07) is 0. The van der Waals surface area contributed by atoms with Crippen LogP contribution < -0.4 is 0 Å². The highest BCUT2D eigenvalue weighted by atomic mass is 15.1. The zero-order chi connectivity index (χ0) is 9.90. The first kappa shape index (κ1) is 10.6. The van der Waals surface area contributed by atoms with Gasteiger partial charge in [-0.25, -0.2) is 0 Å². The molecule has 0 amide bonds. The van der Waals surface area contributed by atoms with Crippen LogP contribution in [0.3, 0.4) is 0 Å². The van der Waals surface area contributed by atoms with Crippen molar-refractivity contribution >= 4 is 0 Å². The predicted octanol–water partition coefficient (Wildman–Crippen LogP) is 2.38. The largest absolute Gasteiger partial charge is 0.292 e. The lowest BCUT2D eigenvalue weighted by atomic mass is 9.72. The molecule has 1 rings (SSSR count). The molecule has 1 heterocycles. The topological polar surface area (TPSA) is 3.24 Å². The second kappa shape index (κ2) is 4.15. The summed E-state index contributed by atoms with van der Waals surface area (Å²) >= 11 is 0. The molecule has 0 radical (unpaired) electrons. The lowest BCUT2D eigenvalue weighted by Gasteiger charge is -2.41. The smallest absolute Gasteiger partial charge is 0.0598 e. The van der Waals surface area contributed by atoms with Crippen LogP contribution in [0.25, 0.3) is 0 Å². The average molecular weight is 179 g/mol. The minimum absolute atomic E-state index is 0.547. The molecule has 0 bridgehead atoms. The summed E-state index contributed by atoms with van der Waals surface area (Å²) in [5.41, 5.74) is 0.547. The van der Waals surface area contributed by atoms with Crippen molar-refractivity contribution in [2.24, 2.45) is 11.3 Å². The fourth-order valence-corrected chi connectivity index (χ4v) is 1.93. The minimum atomic E-state index is 0.547. The van der Waals surface area contributed by atoms with Crippen molar-refractivity contribution in [3.8, 4) is 12.3 Å². The highest BCUT2D eigenvalue weighted by Crippen LogP contribution is 2.37. The van der Waals surface area contributed by atoms with Gasteiger partial charge >= 0.3 is 0 Å². The van der Waals surface area contributed by atoms with Crippen LogP contribution in [0, 0.1) is 23.7 Å². The monoisotopic (exact) mass is 179 g/mol. The highest BCUT2D eigenvalue weighted by molar-refractivity contribution is 4.92. The second-order valence-electron chi connectivity index (χ2n) is 4.79. The molecular weight excluding hydrogens is 158 g/mol. The fraction of sp³-hybridized carbons (Fsp3) is 0.833. The Morgan fingerprint density at radius 2 is 1.92 bits per heavy atom. The molecular formula is C12H21N. The van der Waals surface area contributed by atoms with Crippen molar-refractivity contribution in [1.29, 1.82) is 0 Å². The van der Waals surface area contributed by atoms with Crippen LogP contribution in [-0.4, -0.2) is 24.5 Å². The zero-order valence-electron chi connectivity index (χ0n) is 9.14. The Morgan fingerprint density at radius 1 is 1.38 bits per heavy atom. The number of rotatable bonds is 2. The first-order valence-electron chi connectivity index (χ1n) is 5.24. The van der Waals surface area contributed by atoms with E-state index in [9.17, 15) is 0 Å². The summed E-state index contributed by atoms with van der Waals surface area (Å²) in [6.45, 7) is 10.3. The molecule has 1 saturated heterocycles. The lowest BCUT2D eigenvalue weighted by molar-refractivity contribution is 0.0861. The van der Waals surface area contributed by atoms with Crippen LogP contribution in [0.4, 0.5) is 0 Å². The molecule has 0 aromatic carbocycles. The molecule has 0 aliphatic carbocycles. The van der Waals surface area contributed by atoms with Gasteiger partial charge in [0.1, 0.15) is 0 Å². The van der Waals surface area contributed by atoms with Crippen LogP contribution in [0.2, 0.25) is 0 Å². The summed E-state index contributed by atoms with van der Waals surface area (Å²) in [5, 5.41) is 0. The number of terminal acetylenes is 1. The number of likely N-dealkylation sites (tertiary alicyclic amines) is 1. The van der Waals surface area contributed by atoms with Gasteiger partial charge in [0, 0.05) is 0 Å². The van der Waals surface area contributed by atoms with Crippen LogP contribution in [-0.2, 0) is 0 Å². The summed E-state index contributed by atoms with van der Waals surface area (Å²) in [7, 11) is 0. The van der Waals surface area contributed by atoms with Gasteiger partial charge in [-0.05, 0) is 37.3 Å². The van der Waals surface area contributed by atoms with E-state index in [2.05, 4.69) is 31.6 Å². The van der Waals surface area contributed by atoms with Gasteiger partial charge in [0.25, 0.3) is 0 Å². The third kappa shape index (κ3) is 2.48. The van der Waals surface area contributed by atoms with Crippen LogP contribution in [0.1, 0.15) is 33.6 Å². The SMILES string of the molecule is C#CCN1CCC(C)(C(C)C)CC1. The highest BCUT2D eigenvalue weighted by Gasteiger charge is 2.32. The number of piperidine rings is 1. The van der Waals surface area contributed by atoms with E-state index in [0.29, 0.717) is 5.41 Å². The van der Waals surface area contributed by atoms with E-state index < -0.39 is 0 Å². The molecule has 0 aromatic rings. The van der Waals surface area contributed by atoms with E-state index in [1.807, 2.05) is 0 Å². The average Bonchev–Trinajstić information content (AvgIpc) is 2.09. The van der Waals surface area contributed by atoms with Gasteiger partial charge in [0.15, 0.2) is 0 Å². The number of hydrogen-bond acceptors (Lipinski definition) is 1. The third-order valence-corrected chi connectivity index (χ3v) is 3.71.